The van der Waals surface area contributed by atoms with E-state index in [1.165, 1.54) is 28.4 Å². The fourth-order valence-electron chi connectivity index (χ4n) is 1.62. The zero-order chi connectivity index (χ0) is 9.42. The van der Waals surface area contributed by atoms with E-state index in [-0.39, 0.29) is 0 Å². The van der Waals surface area contributed by atoms with Crippen LogP contribution in [0.2, 0.25) is 0 Å². The van der Waals surface area contributed by atoms with Crippen molar-refractivity contribution in [1.82, 2.24) is 0 Å². The summed E-state index contributed by atoms with van der Waals surface area (Å²) in [5, 5.41) is 0. The van der Waals surface area contributed by atoms with Crippen LogP contribution in [-0.2, 0) is 0 Å². The lowest BCUT2D eigenvalue weighted by Crippen LogP contribution is -1.90. The minimum atomic E-state index is 0.634. The highest BCUT2D eigenvalue weighted by Crippen LogP contribution is 2.41. The van der Waals surface area contributed by atoms with Gasteiger partial charge < -0.3 is 0 Å². The molecule has 2 rings (SSSR count). The Kier molecular flexibility index (Phi) is 2.46. The van der Waals surface area contributed by atoms with Crippen LogP contribution >= 0.6 is 15.9 Å². The molecule has 0 bridgehead atoms. The van der Waals surface area contributed by atoms with Gasteiger partial charge in [0.15, 0.2) is 0 Å². The van der Waals surface area contributed by atoms with Crippen LogP contribution in [0.15, 0.2) is 22.7 Å². The van der Waals surface area contributed by atoms with Crippen LogP contribution in [0.4, 0.5) is 0 Å². The first-order valence-electron chi connectivity index (χ1n) is 4.97. The molecular weight excluding hydrogens is 224 g/mol. The molecule has 0 radical (unpaired) electrons. The molecule has 1 fully saturated rings. The van der Waals surface area contributed by atoms with E-state index in [1.807, 2.05) is 0 Å². The molecule has 0 spiro atoms. The maximum atomic E-state index is 3.58. The van der Waals surface area contributed by atoms with Crippen LogP contribution in [0, 0.1) is 0 Å². The molecule has 0 aliphatic heterocycles. The van der Waals surface area contributed by atoms with Crippen LogP contribution < -0.4 is 0 Å². The summed E-state index contributed by atoms with van der Waals surface area (Å²) in [5.74, 6) is 1.49. The topological polar surface area (TPSA) is 0 Å². The smallest absolute Gasteiger partial charge is 0.0180 e. The summed E-state index contributed by atoms with van der Waals surface area (Å²) in [6.45, 7) is 4.50. The minimum Gasteiger partial charge on any atom is -0.0587 e. The van der Waals surface area contributed by atoms with Crippen molar-refractivity contribution in [1.29, 1.82) is 0 Å². The highest BCUT2D eigenvalue weighted by atomic mass is 79.9. The summed E-state index contributed by atoms with van der Waals surface area (Å²) in [6, 6.07) is 6.87. The molecule has 0 nitrogen and oxygen atoms in total. The molecule has 1 aliphatic carbocycles. The number of benzene rings is 1. The maximum Gasteiger partial charge on any atom is 0.0180 e. The van der Waals surface area contributed by atoms with Crippen molar-refractivity contribution < 1.29 is 0 Å². The van der Waals surface area contributed by atoms with E-state index in [4.69, 9.17) is 0 Å². The molecule has 0 heterocycles. The van der Waals surface area contributed by atoms with E-state index < -0.39 is 0 Å². The van der Waals surface area contributed by atoms with Crippen molar-refractivity contribution in [2.24, 2.45) is 0 Å². The van der Waals surface area contributed by atoms with Gasteiger partial charge in [-0.2, -0.15) is 0 Å². The predicted molar refractivity (Wildman–Crippen MR) is 60.2 cm³/mol. The normalized spacial score (nSPS) is 16.6. The first-order chi connectivity index (χ1) is 6.16. The van der Waals surface area contributed by atoms with Gasteiger partial charge in [-0.1, -0.05) is 35.8 Å². The summed E-state index contributed by atoms with van der Waals surface area (Å²) in [5.41, 5.74) is 2.98. The third-order valence-electron chi connectivity index (χ3n) is 2.66. The van der Waals surface area contributed by atoms with Gasteiger partial charge in [0.1, 0.15) is 0 Å². The van der Waals surface area contributed by atoms with Gasteiger partial charge in [-0.3, -0.25) is 0 Å². The molecule has 0 saturated heterocycles. The van der Waals surface area contributed by atoms with E-state index in [0.717, 1.165) is 5.92 Å². The third kappa shape index (κ3) is 2.14. The maximum absolute atomic E-state index is 3.58. The van der Waals surface area contributed by atoms with Crippen LogP contribution in [0.3, 0.4) is 0 Å². The Labute approximate surface area is 88.5 Å². The van der Waals surface area contributed by atoms with Crippen LogP contribution in [0.5, 0.6) is 0 Å². The lowest BCUT2D eigenvalue weighted by Gasteiger charge is -2.08. The lowest BCUT2D eigenvalue weighted by atomic mass is 9.99. The van der Waals surface area contributed by atoms with Gasteiger partial charge in [0.25, 0.3) is 0 Å². The number of hydrogen-bond donors (Lipinski definition) is 0. The second-order valence-corrected chi connectivity index (χ2v) is 5.16. The molecule has 1 heteroatoms. The molecule has 1 aromatic carbocycles. The quantitative estimate of drug-likeness (QED) is 0.715. The Bertz CT molecular complexity index is 291. The molecule has 0 unspecified atom stereocenters. The zero-order valence-corrected chi connectivity index (χ0v) is 9.76. The van der Waals surface area contributed by atoms with Crippen LogP contribution in [0.1, 0.15) is 49.7 Å². The average Bonchev–Trinajstić information content (AvgIpc) is 2.85. The van der Waals surface area contributed by atoms with Crippen molar-refractivity contribution in [3.8, 4) is 0 Å². The number of hydrogen-bond acceptors (Lipinski definition) is 0. The predicted octanol–water partition coefficient (Wildman–Crippen LogP) is 4.45. The van der Waals surface area contributed by atoms with Gasteiger partial charge in [-0.25, -0.2) is 0 Å². The van der Waals surface area contributed by atoms with E-state index >= 15 is 0 Å². The molecule has 0 aromatic heterocycles. The van der Waals surface area contributed by atoms with E-state index in [1.54, 1.807) is 0 Å². The van der Waals surface area contributed by atoms with Gasteiger partial charge >= 0.3 is 0 Å². The summed E-state index contributed by atoms with van der Waals surface area (Å²) >= 11 is 3.58. The fraction of sp³-hybridized carbons (Fsp3) is 0.500. The van der Waals surface area contributed by atoms with Gasteiger partial charge in [-0.15, -0.1) is 0 Å². The van der Waals surface area contributed by atoms with Crippen molar-refractivity contribution in [3.63, 3.8) is 0 Å². The van der Waals surface area contributed by atoms with Gasteiger partial charge in [0.05, 0.1) is 0 Å². The van der Waals surface area contributed by atoms with Crippen molar-refractivity contribution in [2.45, 2.75) is 38.5 Å². The second-order valence-electron chi connectivity index (χ2n) is 4.25. The molecular formula is C12H15Br. The highest BCUT2D eigenvalue weighted by Gasteiger charge is 2.24. The van der Waals surface area contributed by atoms with Crippen molar-refractivity contribution in [3.05, 3.63) is 33.8 Å². The Morgan fingerprint density at radius 2 is 1.92 bits per heavy atom. The minimum absolute atomic E-state index is 0.634. The van der Waals surface area contributed by atoms with Crippen molar-refractivity contribution in [2.75, 3.05) is 0 Å². The Morgan fingerprint density at radius 1 is 1.23 bits per heavy atom. The second kappa shape index (κ2) is 3.45. The summed E-state index contributed by atoms with van der Waals surface area (Å²) in [6.07, 6.45) is 2.77. The Balaban J connectivity index is 2.36. The molecule has 0 atom stereocenters. The number of halogens is 1. The summed E-state index contributed by atoms with van der Waals surface area (Å²) < 4.78 is 1.24. The molecule has 1 saturated carbocycles. The monoisotopic (exact) mass is 238 g/mol. The zero-order valence-electron chi connectivity index (χ0n) is 8.18. The molecule has 1 aromatic rings. The molecule has 1 aliphatic rings. The molecule has 13 heavy (non-hydrogen) atoms. The third-order valence-corrected chi connectivity index (χ3v) is 3.12. The van der Waals surface area contributed by atoms with Gasteiger partial charge in [0.2, 0.25) is 0 Å². The van der Waals surface area contributed by atoms with Crippen LogP contribution in [-0.4, -0.2) is 0 Å². The molecule has 70 valence electrons. The molecule has 0 amide bonds. The summed E-state index contributed by atoms with van der Waals surface area (Å²) in [4.78, 5) is 0. The van der Waals surface area contributed by atoms with Gasteiger partial charge in [-0.05, 0) is 47.9 Å². The van der Waals surface area contributed by atoms with Crippen molar-refractivity contribution >= 4 is 15.9 Å². The van der Waals surface area contributed by atoms with Crippen LogP contribution in [0.25, 0.3) is 0 Å². The largest absolute Gasteiger partial charge is 0.0587 e. The van der Waals surface area contributed by atoms with E-state index in [0.29, 0.717) is 5.92 Å². The Morgan fingerprint density at radius 3 is 2.46 bits per heavy atom. The van der Waals surface area contributed by atoms with E-state index in [2.05, 4.69) is 48.0 Å². The molecule has 0 N–H and O–H groups in total. The fourth-order valence-corrected chi connectivity index (χ4v) is 2.15. The summed E-state index contributed by atoms with van der Waals surface area (Å²) in [7, 11) is 0. The SMILES string of the molecule is CC(C)c1cc(Br)cc(C2CC2)c1. The van der Waals surface area contributed by atoms with E-state index in [9.17, 15) is 0 Å². The Hall–Kier alpha value is -0.300. The lowest BCUT2D eigenvalue weighted by molar-refractivity contribution is 0.860. The number of rotatable bonds is 2. The highest BCUT2D eigenvalue weighted by molar-refractivity contribution is 9.10. The first-order valence-corrected chi connectivity index (χ1v) is 5.76. The standard InChI is InChI=1S/C12H15Br/c1-8(2)10-5-11(9-3-4-9)7-12(13)6-10/h5-9H,3-4H2,1-2H3. The average molecular weight is 239 g/mol. The first kappa shape index (κ1) is 9.26. The van der Waals surface area contributed by atoms with Gasteiger partial charge in [0, 0.05) is 4.47 Å².